The molecular weight excluding hydrogens is 234 g/mol. The van der Waals surface area contributed by atoms with Gasteiger partial charge in [0.1, 0.15) is 0 Å². The lowest BCUT2D eigenvalue weighted by Crippen LogP contribution is -2.15. The Morgan fingerprint density at radius 2 is 2.06 bits per heavy atom. The lowest BCUT2D eigenvalue weighted by Gasteiger charge is -2.08. The Labute approximate surface area is 97.9 Å². The Morgan fingerprint density at radius 1 is 1.35 bits per heavy atom. The van der Waals surface area contributed by atoms with Gasteiger partial charge in [0.05, 0.1) is 13.0 Å². The van der Waals surface area contributed by atoms with Gasteiger partial charge in [-0.15, -0.1) is 0 Å². The predicted molar refractivity (Wildman–Crippen MR) is 53.8 cm³/mol. The van der Waals surface area contributed by atoms with E-state index in [0.29, 0.717) is 0 Å². The lowest BCUT2D eigenvalue weighted by atomic mass is 10.4. The molecule has 0 radical (unpaired) electrons. The molecule has 0 aliphatic carbocycles. The molecule has 0 saturated carbocycles. The number of hydrogen-bond donors (Lipinski definition) is 1. The van der Waals surface area contributed by atoms with Crippen molar-refractivity contribution >= 4 is 12.1 Å². The summed E-state index contributed by atoms with van der Waals surface area (Å²) in [4.78, 5) is 25.3. The molecule has 0 rings (SSSR count). The minimum absolute atomic E-state index is 0.0607. The predicted octanol–water partition coefficient (Wildman–Crippen LogP) is 0.822. The third-order valence-corrected chi connectivity index (χ3v) is 1.39. The maximum atomic E-state index is 10.6. The SMILES string of the molecule is CCOC(=O)OCO/N=N\N(C)CCC(=O)O. The van der Waals surface area contributed by atoms with Crippen LogP contribution < -0.4 is 0 Å². The first-order valence-electron chi connectivity index (χ1n) is 4.81. The summed E-state index contributed by atoms with van der Waals surface area (Å²) in [5, 5.41) is 16.3. The number of carboxylic acids is 1. The van der Waals surface area contributed by atoms with Gasteiger partial charge >= 0.3 is 12.1 Å². The molecule has 0 aliphatic rings. The van der Waals surface area contributed by atoms with E-state index < -0.39 is 18.9 Å². The van der Waals surface area contributed by atoms with Gasteiger partial charge in [-0.3, -0.25) is 9.80 Å². The summed E-state index contributed by atoms with van der Waals surface area (Å²) < 4.78 is 8.86. The Balaban J connectivity index is 3.52. The summed E-state index contributed by atoms with van der Waals surface area (Å²) in [6, 6.07) is 0. The van der Waals surface area contributed by atoms with Crippen molar-refractivity contribution in [3.63, 3.8) is 0 Å². The van der Waals surface area contributed by atoms with Crippen LogP contribution in [0.4, 0.5) is 4.79 Å². The van der Waals surface area contributed by atoms with E-state index in [9.17, 15) is 9.59 Å². The summed E-state index contributed by atoms with van der Waals surface area (Å²) in [5.41, 5.74) is 0. The van der Waals surface area contributed by atoms with E-state index in [0.717, 1.165) is 0 Å². The molecule has 0 aliphatic heterocycles. The summed E-state index contributed by atoms with van der Waals surface area (Å²) in [6.45, 7) is 1.62. The molecule has 0 aromatic carbocycles. The van der Waals surface area contributed by atoms with Crippen LogP contribution in [0.3, 0.4) is 0 Å². The minimum Gasteiger partial charge on any atom is -0.481 e. The van der Waals surface area contributed by atoms with Gasteiger partial charge in [0.2, 0.25) is 0 Å². The number of nitrogens with zero attached hydrogens (tertiary/aromatic N) is 3. The van der Waals surface area contributed by atoms with Gasteiger partial charge in [-0.2, -0.15) is 0 Å². The normalized spacial score (nSPS) is 10.0. The van der Waals surface area contributed by atoms with Gasteiger partial charge in [0.15, 0.2) is 0 Å². The molecule has 0 bridgehead atoms. The molecular formula is C8H15N3O6. The third-order valence-electron chi connectivity index (χ3n) is 1.39. The third kappa shape index (κ3) is 10.2. The Kier molecular flexibility index (Phi) is 8.07. The molecule has 0 spiro atoms. The average molecular weight is 249 g/mol. The number of rotatable bonds is 8. The molecule has 0 saturated heterocycles. The number of carboxylic acid groups (broad SMARTS) is 1. The fraction of sp³-hybridized carbons (Fsp3) is 0.750. The van der Waals surface area contributed by atoms with Crippen molar-refractivity contribution in [2.24, 2.45) is 10.5 Å². The highest BCUT2D eigenvalue weighted by atomic mass is 16.8. The minimum atomic E-state index is -0.932. The zero-order chi connectivity index (χ0) is 13.1. The van der Waals surface area contributed by atoms with Crippen LogP contribution in [0.1, 0.15) is 13.3 Å². The van der Waals surface area contributed by atoms with E-state index in [-0.39, 0.29) is 19.6 Å². The van der Waals surface area contributed by atoms with Crippen LogP contribution in [0.2, 0.25) is 0 Å². The molecule has 0 heterocycles. The lowest BCUT2D eigenvalue weighted by molar-refractivity contribution is -0.137. The topological polar surface area (TPSA) is 110 Å². The second kappa shape index (κ2) is 9.19. The van der Waals surface area contributed by atoms with Crippen LogP contribution in [0.25, 0.3) is 0 Å². The number of ether oxygens (including phenoxy) is 2. The van der Waals surface area contributed by atoms with Crippen molar-refractivity contribution in [3.05, 3.63) is 0 Å². The summed E-state index contributed by atoms with van der Waals surface area (Å²) in [5.74, 6) is -0.932. The molecule has 1 N–H and O–H groups in total. The molecule has 9 nitrogen and oxygen atoms in total. The fourth-order valence-corrected chi connectivity index (χ4v) is 0.648. The first kappa shape index (κ1) is 14.9. The number of aliphatic carboxylic acids is 1. The van der Waals surface area contributed by atoms with E-state index in [2.05, 4.69) is 24.8 Å². The van der Waals surface area contributed by atoms with Crippen molar-refractivity contribution in [3.8, 4) is 0 Å². The van der Waals surface area contributed by atoms with Crippen LogP contribution in [0.5, 0.6) is 0 Å². The largest absolute Gasteiger partial charge is 0.511 e. The van der Waals surface area contributed by atoms with Gasteiger partial charge in [-0.25, -0.2) is 4.79 Å². The zero-order valence-electron chi connectivity index (χ0n) is 9.66. The molecule has 0 aromatic rings. The summed E-state index contributed by atoms with van der Waals surface area (Å²) in [7, 11) is 1.53. The van der Waals surface area contributed by atoms with E-state index in [1.54, 1.807) is 6.92 Å². The molecule has 0 amide bonds. The molecule has 0 aromatic heterocycles. The molecule has 0 unspecified atom stereocenters. The van der Waals surface area contributed by atoms with E-state index in [1.807, 2.05) is 0 Å². The average Bonchev–Trinajstić information content (AvgIpc) is 2.26. The maximum absolute atomic E-state index is 10.6. The van der Waals surface area contributed by atoms with Crippen LogP contribution in [0.15, 0.2) is 10.5 Å². The smallest absolute Gasteiger partial charge is 0.481 e. The number of carbonyl (C=O) groups is 2. The second-order valence-corrected chi connectivity index (χ2v) is 2.77. The van der Waals surface area contributed by atoms with Crippen LogP contribution in [-0.2, 0) is 19.1 Å². The molecule has 9 heteroatoms. The Bertz CT molecular complexity index is 270. The first-order valence-corrected chi connectivity index (χ1v) is 4.81. The first-order chi connectivity index (χ1) is 8.06. The monoisotopic (exact) mass is 249 g/mol. The highest BCUT2D eigenvalue weighted by Gasteiger charge is 2.01. The molecule has 98 valence electrons. The van der Waals surface area contributed by atoms with Crippen molar-refractivity contribution < 1.29 is 29.0 Å². The highest BCUT2D eigenvalue weighted by molar-refractivity contribution is 5.66. The van der Waals surface area contributed by atoms with Crippen LogP contribution in [-0.4, -0.2) is 49.2 Å². The second-order valence-electron chi connectivity index (χ2n) is 2.77. The highest BCUT2D eigenvalue weighted by Crippen LogP contribution is 1.91. The van der Waals surface area contributed by atoms with Gasteiger partial charge in [-0.1, -0.05) is 0 Å². The van der Waals surface area contributed by atoms with Crippen molar-refractivity contribution in [2.45, 2.75) is 13.3 Å². The van der Waals surface area contributed by atoms with Gasteiger partial charge in [-0.05, 0) is 12.1 Å². The van der Waals surface area contributed by atoms with Crippen molar-refractivity contribution in [1.82, 2.24) is 5.01 Å². The zero-order valence-corrected chi connectivity index (χ0v) is 9.66. The quantitative estimate of drug-likeness (QED) is 0.223. The maximum Gasteiger partial charge on any atom is 0.511 e. The molecule has 0 fully saturated rings. The van der Waals surface area contributed by atoms with Gasteiger partial charge < -0.3 is 19.4 Å². The van der Waals surface area contributed by atoms with Crippen molar-refractivity contribution in [1.29, 1.82) is 0 Å². The van der Waals surface area contributed by atoms with Crippen LogP contribution >= 0.6 is 0 Å². The van der Waals surface area contributed by atoms with Gasteiger partial charge in [0, 0.05) is 18.9 Å². The van der Waals surface area contributed by atoms with Gasteiger partial charge in [0.25, 0.3) is 6.79 Å². The molecule has 0 atom stereocenters. The summed E-state index contributed by atoms with van der Waals surface area (Å²) >= 11 is 0. The molecule has 17 heavy (non-hydrogen) atoms. The van der Waals surface area contributed by atoms with Crippen LogP contribution in [0, 0.1) is 0 Å². The van der Waals surface area contributed by atoms with Crippen molar-refractivity contribution in [2.75, 3.05) is 27.0 Å². The van der Waals surface area contributed by atoms with E-state index >= 15 is 0 Å². The number of hydrogen-bond acceptors (Lipinski definition) is 7. The number of carbonyl (C=O) groups excluding carboxylic acids is 1. The Hall–Kier alpha value is -2.06. The Morgan fingerprint density at radius 3 is 2.65 bits per heavy atom. The van der Waals surface area contributed by atoms with E-state index in [1.165, 1.54) is 12.1 Å². The summed E-state index contributed by atoms with van der Waals surface area (Å²) in [6.07, 6.45) is -0.920. The fourth-order valence-electron chi connectivity index (χ4n) is 0.648. The standard InChI is InChI=1S/C8H15N3O6/c1-3-15-8(14)16-6-17-10-9-11(2)5-4-7(12)13/h3-6H2,1-2H3,(H,12,13)/b10-9-. The van der Waals surface area contributed by atoms with E-state index in [4.69, 9.17) is 5.11 Å².